The Labute approximate surface area is 135 Å². The first kappa shape index (κ1) is 14.5. The number of pyridine rings is 2. The smallest absolute Gasteiger partial charge is 0.166 e. The number of amidine groups is 1. The molecular formula is C14H14BrN5S. The van der Waals surface area contributed by atoms with Crippen LogP contribution in [0.2, 0.25) is 0 Å². The summed E-state index contributed by atoms with van der Waals surface area (Å²) in [5.41, 5.74) is 7.48. The van der Waals surface area contributed by atoms with Gasteiger partial charge in [-0.3, -0.25) is 10.4 Å². The zero-order chi connectivity index (χ0) is 14.8. The molecule has 0 saturated heterocycles. The molecule has 0 aromatic carbocycles. The van der Waals surface area contributed by atoms with Crippen LogP contribution < -0.4 is 5.73 Å². The molecule has 0 aliphatic heterocycles. The van der Waals surface area contributed by atoms with Gasteiger partial charge >= 0.3 is 0 Å². The first-order valence-electron chi connectivity index (χ1n) is 6.64. The van der Waals surface area contributed by atoms with E-state index in [4.69, 9.17) is 11.1 Å². The number of fused-ring (bicyclic) bond motifs is 1. The van der Waals surface area contributed by atoms with Crippen molar-refractivity contribution in [3.8, 4) is 0 Å². The molecule has 7 heteroatoms. The number of aliphatic imine (C=N–C) groups is 1. The molecule has 0 spiro atoms. The van der Waals surface area contributed by atoms with Gasteiger partial charge in [0, 0.05) is 16.6 Å². The monoisotopic (exact) mass is 363 g/mol. The van der Waals surface area contributed by atoms with Gasteiger partial charge < -0.3 is 5.73 Å². The molecule has 1 aliphatic rings. The third-order valence-electron chi connectivity index (χ3n) is 3.40. The van der Waals surface area contributed by atoms with Gasteiger partial charge in [-0.15, -0.1) is 0 Å². The fraction of sp³-hybridized carbons (Fsp3) is 0.286. The fourth-order valence-corrected chi connectivity index (χ4v) is 3.12. The second kappa shape index (κ2) is 6.11. The molecule has 3 rings (SSSR count). The van der Waals surface area contributed by atoms with Crippen LogP contribution in [0.4, 0.5) is 5.82 Å². The van der Waals surface area contributed by atoms with Crippen LogP contribution in [0.3, 0.4) is 0 Å². The summed E-state index contributed by atoms with van der Waals surface area (Å²) in [6.45, 7) is 0. The van der Waals surface area contributed by atoms with E-state index >= 15 is 0 Å². The number of halogens is 1. The van der Waals surface area contributed by atoms with Gasteiger partial charge in [-0.25, -0.2) is 9.98 Å². The Morgan fingerprint density at radius 2 is 2.19 bits per heavy atom. The number of nitrogens with one attached hydrogen (secondary N) is 1. The van der Waals surface area contributed by atoms with Crippen molar-refractivity contribution in [2.24, 2.45) is 16.6 Å². The minimum Gasteiger partial charge on any atom is -0.378 e. The van der Waals surface area contributed by atoms with Crippen molar-refractivity contribution in [2.75, 3.05) is 0 Å². The average molecular weight is 364 g/mol. The number of aromatic nitrogens is 2. The van der Waals surface area contributed by atoms with Crippen LogP contribution in [0.1, 0.15) is 19.3 Å². The highest BCUT2D eigenvalue weighted by atomic mass is 79.9. The number of nitrogens with zero attached hydrogens (tertiary/aromatic N) is 3. The molecular weight excluding hydrogens is 350 g/mol. The molecule has 1 aliphatic carbocycles. The quantitative estimate of drug-likeness (QED) is 0.626. The molecule has 21 heavy (non-hydrogen) atoms. The second-order valence-corrected chi connectivity index (χ2v) is 6.88. The summed E-state index contributed by atoms with van der Waals surface area (Å²) >= 11 is 4.61. The lowest BCUT2D eigenvalue weighted by Crippen LogP contribution is -2.21. The largest absolute Gasteiger partial charge is 0.378 e. The summed E-state index contributed by atoms with van der Waals surface area (Å²) in [4.78, 5) is 13.0. The van der Waals surface area contributed by atoms with E-state index in [9.17, 15) is 0 Å². The molecule has 108 valence electrons. The van der Waals surface area contributed by atoms with Crippen molar-refractivity contribution in [1.29, 1.82) is 5.41 Å². The molecule has 0 atom stereocenters. The Morgan fingerprint density at radius 3 is 2.90 bits per heavy atom. The van der Waals surface area contributed by atoms with Crippen molar-refractivity contribution in [2.45, 2.75) is 19.3 Å². The molecule has 2 heterocycles. The van der Waals surface area contributed by atoms with Crippen LogP contribution >= 0.6 is 27.7 Å². The van der Waals surface area contributed by atoms with Crippen LogP contribution in [-0.4, -0.2) is 20.2 Å². The number of hydrogen-bond donors (Lipinski definition) is 2. The molecule has 2 aromatic rings. The summed E-state index contributed by atoms with van der Waals surface area (Å²) in [5.74, 6) is 0.905. The van der Waals surface area contributed by atoms with E-state index in [1.807, 2.05) is 12.1 Å². The van der Waals surface area contributed by atoms with Gasteiger partial charge in [0.1, 0.15) is 0 Å². The van der Waals surface area contributed by atoms with Crippen LogP contribution in [0, 0.1) is 11.3 Å². The summed E-state index contributed by atoms with van der Waals surface area (Å²) in [6, 6.07) is 5.54. The standard InChI is InChI=1S/C14H14BrN5S/c15-9-6-11-10(18-7-9)4-5-12(19-11)20-14(17)21-13(16)8-2-1-3-8/h4-8,16H,1-3H2,(H2,17,19,20). The van der Waals surface area contributed by atoms with Gasteiger partial charge in [0.05, 0.1) is 16.1 Å². The van der Waals surface area contributed by atoms with Crippen molar-refractivity contribution in [3.63, 3.8) is 0 Å². The predicted molar refractivity (Wildman–Crippen MR) is 91.2 cm³/mol. The molecule has 3 N–H and O–H groups in total. The fourth-order valence-electron chi connectivity index (χ4n) is 2.04. The maximum absolute atomic E-state index is 7.97. The highest BCUT2D eigenvalue weighted by Gasteiger charge is 2.23. The lowest BCUT2D eigenvalue weighted by Gasteiger charge is -2.25. The normalized spacial score (nSPS) is 16.0. The predicted octanol–water partition coefficient (Wildman–Crippen LogP) is 3.85. The molecule has 0 unspecified atom stereocenters. The molecule has 2 aromatic heterocycles. The highest BCUT2D eigenvalue weighted by molar-refractivity contribution is 9.10. The molecule has 0 radical (unpaired) electrons. The summed E-state index contributed by atoms with van der Waals surface area (Å²) < 4.78 is 0.873. The van der Waals surface area contributed by atoms with Gasteiger partial charge in [0.2, 0.25) is 0 Å². The average Bonchev–Trinajstić information content (AvgIpc) is 2.35. The molecule has 1 saturated carbocycles. The van der Waals surface area contributed by atoms with Crippen LogP contribution in [0.25, 0.3) is 11.0 Å². The van der Waals surface area contributed by atoms with Crippen molar-refractivity contribution in [3.05, 3.63) is 28.9 Å². The molecule has 0 bridgehead atoms. The van der Waals surface area contributed by atoms with E-state index < -0.39 is 0 Å². The third-order valence-corrected chi connectivity index (χ3v) is 4.69. The number of nitrogens with two attached hydrogens (primary N) is 1. The van der Waals surface area contributed by atoms with Crippen molar-refractivity contribution < 1.29 is 0 Å². The van der Waals surface area contributed by atoms with E-state index in [1.54, 1.807) is 12.3 Å². The zero-order valence-corrected chi connectivity index (χ0v) is 13.6. The van der Waals surface area contributed by atoms with Crippen molar-refractivity contribution >= 4 is 54.8 Å². The summed E-state index contributed by atoms with van der Waals surface area (Å²) in [6.07, 6.45) is 5.12. The summed E-state index contributed by atoms with van der Waals surface area (Å²) in [7, 11) is 0. The van der Waals surface area contributed by atoms with Gasteiger partial charge in [0.15, 0.2) is 11.0 Å². The van der Waals surface area contributed by atoms with Crippen molar-refractivity contribution in [1.82, 2.24) is 9.97 Å². The minimum absolute atomic E-state index is 0.363. The Hall–Kier alpha value is -1.47. The Balaban J connectivity index is 1.79. The number of thioether (sulfide) groups is 1. The summed E-state index contributed by atoms with van der Waals surface area (Å²) in [5, 5.41) is 8.93. The molecule has 5 nitrogen and oxygen atoms in total. The first-order valence-corrected chi connectivity index (χ1v) is 8.25. The van der Waals surface area contributed by atoms with Gasteiger partial charge in [0.25, 0.3) is 0 Å². The molecule has 1 fully saturated rings. The second-order valence-electron chi connectivity index (χ2n) is 4.91. The Bertz CT molecular complexity index is 726. The van der Waals surface area contributed by atoms with Gasteiger partial charge in [-0.2, -0.15) is 0 Å². The van der Waals surface area contributed by atoms with E-state index in [0.29, 0.717) is 21.9 Å². The Kier molecular flexibility index (Phi) is 4.21. The van der Waals surface area contributed by atoms with E-state index in [0.717, 1.165) is 28.3 Å². The SMILES string of the molecule is N=C(SC(N)=Nc1ccc2ncc(Br)cc2n1)C1CCC1. The van der Waals surface area contributed by atoms with Crippen LogP contribution in [0.5, 0.6) is 0 Å². The lowest BCUT2D eigenvalue weighted by atomic mass is 9.86. The van der Waals surface area contributed by atoms with Crippen LogP contribution in [-0.2, 0) is 0 Å². The maximum atomic E-state index is 7.97. The zero-order valence-electron chi connectivity index (χ0n) is 11.2. The highest BCUT2D eigenvalue weighted by Crippen LogP contribution is 2.31. The topological polar surface area (TPSA) is 88.0 Å². The van der Waals surface area contributed by atoms with Gasteiger partial charge in [-0.1, -0.05) is 6.42 Å². The van der Waals surface area contributed by atoms with Crippen LogP contribution in [0.15, 0.2) is 33.9 Å². The maximum Gasteiger partial charge on any atom is 0.166 e. The number of hydrogen-bond acceptors (Lipinski definition) is 5. The minimum atomic E-state index is 0.363. The first-order chi connectivity index (χ1) is 10.1. The lowest BCUT2D eigenvalue weighted by molar-refractivity contribution is 0.417. The third kappa shape index (κ3) is 3.41. The number of rotatable bonds is 2. The van der Waals surface area contributed by atoms with E-state index in [2.05, 4.69) is 30.9 Å². The Morgan fingerprint density at radius 1 is 1.38 bits per heavy atom. The molecule has 0 amide bonds. The van der Waals surface area contributed by atoms with E-state index in [1.165, 1.54) is 18.2 Å². The van der Waals surface area contributed by atoms with Gasteiger partial charge in [-0.05, 0) is 58.7 Å². The van der Waals surface area contributed by atoms with E-state index in [-0.39, 0.29) is 0 Å².